The fourth-order valence-electron chi connectivity index (χ4n) is 1.64. The number of nitrogens with one attached hydrogen (secondary N) is 1. The van der Waals surface area contributed by atoms with E-state index in [-0.39, 0.29) is 0 Å². The third-order valence-electron chi connectivity index (χ3n) is 2.49. The molecule has 0 aliphatic rings. The van der Waals surface area contributed by atoms with E-state index >= 15 is 0 Å². The zero-order valence-corrected chi connectivity index (χ0v) is 9.85. The summed E-state index contributed by atoms with van der Waals surface area (Å²) in [6.45, 7) is 3.24. The second-order valence-corrected chi connectivity index (χ2v) is 3.77. The molecule has 0 unspecified atom stereocenters. The Kier molecular flexibility index (Phi) is 3.67. The van der Waals surface area contributed by atoms with Crippen LogP contribution in [0.5, 0.6) is 0 Å². The SMILES string of the molecule is Cc1nc(NCCN)ncc1-c1ccccc1. The Morgan fingerprint density at radius 2 is 2.00 bits per heavy atom. The number of anilines is 1. The van der Waals surface area contributed by atoms with Crippen molar-refractivity contribution in [2.75, 3.05) is 18.4 Å². The highest BCUT2D eigenvalue weighted by Crippen LogP contribution is 2.21. The van der Waals surface area contributed by atoms with Gasteiger partial charge < -0.3 is 11.1 Å². The minimum Gasteiger partial charge on any atom is -0.353 e. The maximum absolute atomic E-state index is 5.42. The summed E-state index contributed by atoms with van der Waals surface area (Å²) in [6.07, 6.45) is 1.84. The maximum atomic E-state index is 5.42. The van der Waals surface area contributed by atoms with Gasteiger partial charge in [-0.2, -0.15) is 0 Å². The molecule has 1 aromatic carbocycles. The zero-order valence-electron chi connectivity index (χ0n) is 9.85. The fourth-order valence-corrected chi connectivity index (χ4v) is 1.64. The predicted molar refractivity (Wildman–Crippen MR) is 69.7 cm³/mol. The van der Waals surface area contributed by atoms with Crippen LogP contribution in [0, 0.1) is 6.92 Å². The van der Waals surface area contributed by atoms with Crippen LogP contribution in [0.4, 0.5) is 5.95 Å². The Hall–Kier alpha value is -1.94. The van der Waals surface area contributed by atoms with Crippen LogP contribution in [-0.4, -0.2) is 23.1 Å². The first kappa shape index (κ1) is 11.5. The van der Waals surface area contributed by atoms with Gasteiger partial charge in [0.2, 0.25) is 5.95 Å². The zero-order chi connectivity index (χ0) is 12.1. The summed E-state index contributed by atoms with van der Waals surface area (Å²) in [5.74, 6) is 0.632. The number of rotatable bonds is 4. The first-order valence-electron chi connectivity index (χ1n) is 5.64. The second-order valence-electron chi connectivity index (χ2n) is 3.77. The molecule has 0 spiro atoms. The Morgan fingerprint density at radius 3 is 2.65 bits per heavy atom. The lowest BCUT2D eigenvalue weighted by Crippen LogP contribution is -2.15. The van der Waals surface area contributed by atoms with Crippen molar-refractivity contribution in [3.8, 4) is 11.1 Å². The normalized spacial score (nSPS) is 10.2. The minimum absolute atomic E-state index is 0.572. The van der Waals surface area contributed by atoms with Crippen LogP contribution >= 0.6 is 0 Å². The third-order valence-corrected chi connectivity index (χ3v) is 2.49. The molecular formula is C13H16N4. The predicted octanol–water partition coefficient (Wildman–Crippen LogP) is 1.82. The molecule has 0 fully saturated rings. The van der Waals surface area contributed by atoms with Crippen molar-refractivity contribution in [2.24, 2.45) is 5.73 Å². The van der Waals surface area contributed by atoms with Gasteiger partial charge in [-0.25, -0.2) is 9.97 Å². The molecule has 17 heavy (non-hydrogen) atoms. The molecule has 0 amide bonds. The molecular weight excluding hydrogens is 212 g/mol. The number of aryl methyl sites for hydroxylation is 1. The van der Waals surface area contributed by atoms with E-state index in [9.17, 15) is 0 Å². The van der Waals surface area contributed by atoms with Crippen molar-refractivity contribution in [3.05, 3.63) is 42.2 Å². The van der Waals surface area contributed by atoms with Gasteiger partial charge >= 0.3 is 0 Å². The van der Waals surface area contributed by atoms with Gasteiger partial charge in [0.25, 0.3) is 0 Å². The van der Waals surface area contributed by atoms with E-state index < -0.39 is 0 Å². The van der Waals surface area contributed by atoms with E-state index in [1.54, 1.807) is 0 Å². The monoisotopic (exact) mass is 228 g/mol. The van der Waals surface area contributed by atoms with E-state index in [0.717, 1.165) is 16.8 Å². The molecule has 1 heterocycles. The van der Waals surface area contributed by atoms with Gasteiger partial charge in [-0.15, -0.1) is 0 Å². The van der Waals surface area contributed by atoms with E-state index in [0.29, 0.717) is 19.0 Å². The third kappa shape index (κ3) is 2.79. The molecule has 0 saturated heterocycles. The van der Waals surface area contributed by atoms with Gasteiger partial charge in [-0.1, -0.05) is 30.3 Å². The second kappa shape index (κ2) is 5.41. The topological polar surface area (TPSA) is 63.8 Å². The van der Waals surface area contributed by atoms with Crippen molar-refractivity contribution < 1.29 is 0 Å². The molecule has 0 radical (unpaired) electrons. The van der Waals surface area contributed by atoms with Gasteiger partial charge in [0.05, 0.1) is 5.69 Å². The molecule has 4 nitrogen and oxygen atoms in total. The van der Waals surface area contributed by atoms with E-state index in [1.807, 2.05) is 31.3 Å². The molecule has 0 aliphatic carbocycles. The van der Waals surface area contributed by atoms with Crippen LogP contribution in [0.1, 0.15) is 5.69 Å². The summed E-state index contributed by atoms with van der Waals surface area (Å²) in [4.78, 5) is 8.68. The Labute approximate surface area is 101 Å². The van der Waals surface area contributed by atoms with Crippen LogP contribution in [0.25, 0.3) is 11.1 Å². The highest BCUT2D eigenvalue weighted by molar-refractivity contribution is 5.65. The fraction of sp³-hybridized carbons (Fsp3) is 0.231. The van der Waals surface area contributed by atoms with Crippen LogP contribution < -0.4 is 11.1 Å². The summed E-state index contributed by atoms with van der Waals surface area (Å²) < 4.78 is 0. The first-order valence-corrected chi connectivity index (χ1v) is 5.64. The summed E-state index contributed by atoms with van der Waals surface area (Å²) in [5, 5.41) is 3.07. The molecule has 1 aromatic heterocycles. The Morgan fingerprint density at radius 1 is 1.24 bits per heavy atom. The number of nitrogens with two attached hydrogens (primary N) is 1. The van der Waals surface area contributed by atoms with Crippen molar-refractivity contribution in [2.45, 2.75) is 6.92 Å². The summed E-state index contributed by atoms with van der Waals surface area (Å²) in [5.41, 5.74) is 8.57. The van der Waals surface area contributed by atoms with Gasteiger partial charge in [0.1, 0.15) is 0 Å². The molecule has 88 valence electrons. The van der Waals surface area contributed by atoms with E-state index in [1.165, 1.54) is 0 Å². The van der Waals surface area contributed by atoms with Crippen molar-refractivity contribution in [3.63, 3.8) is 0 Å². The number of aromatic nitrogens is 2. The molecule has 2 rings (SSSR count). The van der Waals surface area contributed by atoms with Gasteiger partial charge in [0, 0.05) is 24.8 Å². The number of benzene rings is 1. The highest BCUT2D eigenvalue weighted by atomic mass is 15.1. The summed E-state index contributed by atoms with van der Waals surface area (Å²) >= 11 is 0. The van der Waals surface area contributed by atoms with Crippen molar-refractivity contribution >= 4 is 5.95 Å². The average Bonchev–Trinajstić information content (AvgIpc) is 2.37. The van der Waals surface area contributed by atoms with E-state index in [4.69, 9.17) is 5.73 Å². The van der Waals surface area contributed by atoms with Crippen molar-refractivity contribution in [1.29, 1.82) is 0 Å². The standard InChI is InChI=1S/C13H16N4/c1-10-12(11-5-3-2-4-6-11)9-16-13(17-10)15-8-7-14/h2-6,9H,7-8,14H2,1H3,(H,15,16,17). The van der Waals surface area contributed by atoms with Gasteiger partial charge in [0.15, 0.2) is 0 Å². The van der Waals surface area contributed by atoms with Gasteiger partial charge in [-0.3, -0.25) is 0 Å². The Bertz CT molecular complexity index is 482. The van der Waals surface area contributed by atoms with Crippen LogP contribution in [-0.2, 0) is 0 Å². The smallest absolute Gasteiger partial charge is 0.222 e. The first-order chi connectivity index (χ1) is 8.31. The van der Waals surface area contributed by atoms with Gasteiger partial charge in [-0.05, 0) is 12.5 Å². The van der Waals surface area contributed by atoms with Crippen LogP contribution in [0.15, 0.2) is 36.5 Å². The summed E-state index contributed by atoms with van der Waals surface area (Å²) in [7, 11) is 0. The highest BCUT2D eigenvalue weighted by Gasteiger charge is 2.04. The molecule has 3 N–H and O–H groups in total. The molecule has 4 heteroatoms. The molecule has 0 saturated carbocycles. The lowest BCUT2D eigenvalue weighted by atomic mass is 10.1. The number of hydrogen-bond acceptors (Lipinski definition) is 4. The Balaban J connectivity index is 2.26. The quantitative estimate of drug-likeness (QED) is 0.838. The number of nitrogens with zero attached hydrogens (tertiary/aromatic N) is 2. The van der Waals surface area contributed by atoms with Crippen LogP contribution in [0.2, 0.25) is 0 Å². The number of hydrogen-bond donors (Lipinski definition) is 2. The minimum atomic E-state index is 0.572. The summed E-state index contributed by atoms with van der Waals surface area (Å²) in [6, 6.07) is 10.1. The average molecular weight is 228 g/mol. The molecule has 0 bridgehead atoms. The largest absolute Gasteiger partial charge is 0.353 e. The lowest BCUT2D eigenvalue weighted by molar-refractivity contribution is 0.980. The maximum Gasteiger partial charge on any atom is 0.222 e. The lowest BCUT2D eigenvalue weighted by Gasteiger charge is -2.07. The van der Waals surface area contributed by atoms with E-state index in [2.05, 4.69) is 27.4 Å². The van der Waals surface area contributed by atoms with Crippen LogP contribution in [0.3, 0.4) is 0 Å². The molecule has 0 aliphatic heterocycles. The molecule has 2 aromatic rings. The van der Waals surface area contributed by atoms with Crippen molar-refractivity contribution in [1.82, 2.24) is 9.97 Å². The molecule has 0 atom stereocenters.